The van der Waals surface area contributed by atoms with E-state index in [0.717, 1.165) is 49.4 Å². The molecule has 2 saturated heterocycles. The lowest BCUT2D eigenvalue weighted by Crippen LogP contribution is -2.36. The van der Waals surface area contributed by atoms with Crippen molar-refractivity contribution in [2.24, 2.45) is 10.9 Å². The van der Waals surface area contributed by atoms with Crippen molar-refractivity contribution in [2.75, 3.05) is 38.1 Å². The Morgan fingerprint density at radius 1 is 0.906 bits per heavy atom. The van der Waals surface area contributed by atoms with E-state index in [0.29, 0.717) is 6.54 Å². The van der Waals surface area contributed by atoms with Crippen LogP contribution in [-0.2, 0) is 19.6 Å². The number of guanidine groups is 1. The minimum Gasteiger partial charge on any atom is -0.357 e. The molecule has 0 atom stereocenters. The van der Waals surface area contributed by atoms with Crippen molar-refractivity contribution < 1.29 is 0 Å². The van der Waals surface area contributed by atoms with Crippen molar-refractivity contribution in [3.8, 4) is 0 Å². The van der Waals surface area contributed by atoms with E-state index in [9.17, 15) is 0 Å². The molecule has 0 spiro atoms. The lowest BCUT2D eigenvalue weighted by Gasteiger charge is -2.31. The molecule has 0 amide bonds. The van der Waals surface area contributed by atoms with Gasteiger partial charge in [-0.2, -0.15) is 0 Å². The summed E-state index contributed by atoms with van der Waals surface area (Å²) in [6, 6.07) is 13.3. The van der Waals surface area contributed by atoms with E-state index in [1.165, 1.54) is 49.9 Å². The van der Waals surface area contributed by atoms with Gasteiger partial charge in [0.2, 0.25) is 0 Å². The molecule has 0 bridgehead atoms. The molecule has 6 heteroatoms. The van der Waals surface area contributed by atoms with Crippen molar-refractivity contribution in [1.29, 1.82) is 0 Å². The summed E-state index contributed by atoms with van der Waals surface area (Å²) in [6.45, 7) is 9.57. The van der Waals surface area contributed by atoms with Crippen molar-refractivity contribution >= 4 is 11.8 Å². The van der Waals surface area contributed by atoms with Gasteiger partial charge in [0.05, 0.1) is 0 Å². The van der Waals surface area contributed by atoms with Gasteiger partial charge in [-0.3, -0.25) is 9.89 Å². The molecule has 2 aliphatic rings. The fourth-order valence-electron chi connectivity index (χ4n) is 4.50. The molecule has 3 heterocycles. The van der Waals surface area contributed by atoms with Crippen molar-refractivity contribution in [3.05, 3.63) is 59.3 Å². The van der Waals surface area contributed by atoms with E-state index in [2.05, 4.69) is 68.7 Å². The molecular weight excluding hydrogens is 396 g/mol. The number of rotatable bonds is 7. The monoisotopic (exact) mass is 434 g/mol. The molecule has 2 aromatic rings. The number of benzene rings is 1. The number of hydrogen-bond donors (Lipinski definition) is 2. The molecule has 0 unspecified atom stereocenters. The van der Waals surface area contributed by atoms with Crippen LogP contribution in [-0.4, -0.2) is 49.1 Å². The van der Waals surface area contributed by atoms with Crippen molar-refractivity contribution in [2.45, 2.75) is 52.2 Å². The van der Waals surface area contributed by atoms with Crippen LogP contribution in [0.5, 0.6) is 0 Å². The zero-order chi connectivity index (χ0) is 22.2. The van der Waals surface area contributed by atoms with Crippen molar-refractivity contribution in [1.82, 2.24) is 20.5 Å². The highest BCUT2D eigenvalue weighted by Crippen LogP contribution is 2.21. The third-order valence-corrected chi connectivity index (χ3v) is 6.69. The molecule has 2 N–H and O–H groups in total. The Labute approximate surface area is 193 Å². The number of pyridine rings is 1. The topological polar surface area (TPSA) is 55.8 Å². The predicted molar refractivity (Wildman–Crippen MR) is 133 cm³/mol. The summed E-state index contributed by atoms with van der Waals surface area (Å²) in [7, 11) is 1.81. The fourth-order valence-corrected chi connectivity index (χ4v) is 4.50. The Balaban J connectivity index is 1.21. The molecule has 6 nitrogen and oxygen atoms in total. The predicted octanol–water partition coefficient (Wildman–Crippen LogP) is 3.78. The molecule has 4 rings (SSSR count). The van der Waals surface area contributed by atoms with Crippen LogP contribution in [0.15, 0.2) is 47.6 Å². The first-order valence-corrected chi connectivity index (χ1v) is 12.1. The Kier molecular flexibility index (Phi) is 7.99. The van der Waals surface area contributed by atoms with Gasteiger partial charge in [0.15, 0.2) is 5.96 Å². The number of hydrogen-bond acceptors (Lipinski definition) is 4. The first-order chi connectivity index (χ1) is 15.7. The first kappa shape index (κ1) is 22.6. The average molecular weight is 435 g/mol. The Morgan fingerprint density at radius 3 is 2.16 bits per heavy atom. The lowest BCUT2D eigenvalue weighted by atomic mass is 9.99. The molecule has 0 saturated carbocycles. The smallest absolute Gasteiger partial charge is 0.191 e. The minimum atomic E-state index is 0.707. The summed E-state index contributed by atoms with van der Waals surface area (Å²) in [5, 5.41) is 6.81. The number of anilines is 1. The molecular formula is C26H38N6. The maximum Gasteiger partial charge on any atom is 0.191 e. The second kappa shape index (κ2) is 11.3. The van der Waals surface area contributed by atoms with Crippen LogP contribution in [0.4, 0.5) is 5.82 Å². The normalized spacial score (nSPS) is 18.2. The van der Waals surface area contributed by atoms with Crippen LogP contribution in [0.2, 0.25) is 0 Å². The summed E-state index contributed by atoms with van der Waals surface area (Å²) in [4.78, 5) is 14.0. The molecule has 172 valence electrons. The van der Waals surface area contributed by atoms with E-state index in [-0.39, 0.29) is 0 Å². The molecule has 0 aliphatic carbocycles. The van der Waals surface area contributed by atoms with Gasteiger partial charge in [0.1, 0.15) is 5.82 Å². The molecule has 2 fully saturated rings. The highest BCUT2D eigenvalue weighted by atomic mass is 15.2. The standard InChI is InChI=1S/C26H38N6/c1-21-11-15-32(16-12-21)25-10-9-24(18-28-25)19-30-26(27-2)29-17-22-5-7-23(8-6-22)20-31-13-3-4-14-31/h5-10,18,21H,3-4,11-17,19-20H2,1-2H3,(H2,27,29,30). The van der Waals surface area contributed by atoms with Gasteiger partial charge in [-0.05, 0) is 67.4 Å². The van der Waals surface area contributed by atoms with Gasteiger partial charge in [-0.1, -0.05) is 37.3 Å². The minimum absolute atomic E-state index is 0.707. The molecule has 1 aromatic heterocycles. The van der Waals surface area contributed by atoms with Gasteiger partial charge in [-0.15, -0.1) is 0 Å². The fraction of sp³-hybridized carbons (Fsp3) is 0.538. The third-order valence-electron chi connectivity index (χ3n) is 6.69. The first-order valence-electron chi connectivity index (χ1n) is 12.1. The van der Waals surface area contributed by atoms with E-state index in [4.69, 9.17) is 4.98 Å². The summed E-state index contributed by atoms with van der Waals surface area (Å²) >= 11 is 0. The molecule has 32 heavy (non-hydrogen) atoms. The van der Waals surface area contributed by atoms with Crippen LogP contribution >= 0.6 is 0 Å². The summed E-state index contributed by atoms with van der Waals surface area (Å²) < 4.78 is 0. The molecule has 2 aliphatic heterocycles. The zero-order valence-electron chi connectivity index (χ0n) is 19.7. The van der Waals surface area contributed by atoms with Gasteiger partial charge in [-0.25, -0.2) is 4.98 Å². The van der Waals surface area contributed by atoms with Gasteiger partial charge in [0.25, 0.3) is 0 Å². The van der Waals surface area contributed by atoms with Crippen molar-refractivity contribution in [3.63, 3.8) is 0 Å². The second-order valence-electron chi connectivity index (χ2n) is 9.27. The summed E-state index contributed by atoms with van der Waals surface area (Å²) in [6.07, 6.45) is 7.17. The van der Waals surface area contributed by atoms with Crippen LogP contribution < -0.4 is 15.5 Å². The molecule has 1 aromatic carbocycles. The highest BCUT2D eigenvalue weighted by Gasteiger charge is 2.16. The third kappa shape index (κ3) is 6.45. The highest BCUT2D eigenvalue weighted by molar-refractivity contribution is 5.79. The van der Waals surface area contributed by atoms with Crippen LogP contribution in [0.1, 0.15) is 49.3 Å². The number of aromatic nitrogens is 1. The Morgan fingerprint density at radius 2 is 1.53 bits per heavy atom. The van der Waals surface area contributed by atoms with Crippen LogP contribution in [0, 0.1) is 5.92 Å². The summed E-state index contributed by atoms with van der Waals surface area (Å²) in [5.74, 6) is 2.73. The number of nitrogens with one attached hydrogen (secondary N) is 2. The van der Waals surface area contributed by atoms with Gasteiger partial charge < -0.3 is 15.5 Å². The zero-order valence-corrected chi connectivity index (χ0v) is 19.7. The average Bonchev–Trinajstić information content (AvgIpc) is 3.34. The van der Waals surface area contributed by atoms with E-state index < -0.39 is 0 Å². The second-order valence-corrected chi connectivity index (χ2v) is 9.27. The quantitative estimate of drug-likeness (QED) is 0.513. The molecule has 0 radical (unpaired) electrons. The number of nitrogens with zero attached hydrogens (tertiary/aromatic N) is 4. The van der Waals surface area contributed by atoms with E-state index in [1.807, 2.05) is 13.2 Å². The number of likely N-dealkylation sites (tertiary alicyclic amines) is 1. The largest absolute Gasteiger partial charge is 0.357 e. The Hall–Kier alpha value is -2.60. The van der Waals surface area contributed by atoms with Gasteiger partial charge >= 0.3 is 0 Å². The van der Waals surface area contributed by atoms with Crippen LogP contribution in [0.3, 0.4) is 0 Å². The lowest BCUT2D eigenvalue weighted by molar-refractivity contribution is 0.331. The number of aliphatic imine (C=N–C) groups is 1. The Bertz CT molecular complexity index is 847. The SMILES string of the molecule is CN=C(NCc1ccc(CN2CCCC2)cc1)NCc1ccc(N2CCC(C)CC2)nc1. The van der Waals surface area contributed by atoms with Gasteiger partial charge in [0, 0.05) is 46.0 Å². The van der Waals surface area contributed by atoms with E-state index in [1.54, 1.807) is 0 Å². The summed E-state index contributed by atoms with van der Waals surface area (Å²) in [5.41, 5.74) is 3.82. The number of piperidine rings is 1. The maximum atomic E-state index is 4.69. The maximum absolute atomic E-state index is 4.69. The van der Waals surface area contributed by atoms with Crippen LogP contribution in [0.25, 0.3) is 0 Å². The van der Waals surface area contributed by atoms with E-state index >= 15 is 0 Å².